The molecule has 2 N–H and O–H groups in total. The molecule has 9 heteroatoms. The van der Waals surface area contributed by atoms with Crippen LogP contribution in [-0.4, -0.2) is 69.2 Å². The van der Waals surface area contributed by atoms with E-state index in [-0.39, 0.29) is 41.0 Å². The summed E-state index contributed by atoms with van der Waals surface area (Å²) in [6.45, 7) is 8.22. The summed E-state index contributed by atoms with van der Waals surface area (Å²) in [5.74, 6) is -1.44. The van der Waals surface area contributed by atoms with Crippen LogP contribution in [0.5, 0.6) is 0 Å². The fraction of sp³-hybridized carbons (Fsp3) is 0.526. The Balaban J connectivity index is 2.05. The van der Waals surface area contributed by atoms with E-state index in [1.165, 1.54) is 13.0 Å². The number of aromatic carboxylic acids is 1. The predicted molar refractivity (Wildman–Crippen MR) is 102 cm³/mol. The number of amidine groups is 1. The van der Waals surface area contributed by atoms with Crippen molar-refractivity contribution in [1.29, 1.82) is 0 Å². The molecule has 2 aliphatic heterocycles. The Morgan fingerprint density at radius 3 is 2.57 bits per heavy atom. The first-order chi connectivity index (χ1) is 13.1. The van der Waals surface area contributed by atoms with E-state index in [2.05, 4.69) is 15.3 Å². The number of aliphatic imine (C=N–C) groups is 1. The van der Waals surface area contributed by atoms with Gasteiger partial charge in [-0.05, 0) is 26.0 Å². The van der Waals surface area contributed by atoms with Gasteiger partial charge in [0.2, 0.25) is 5.91 Å². The Bertz CT molecular complexity index is 881. The zero-order chi connectivity index (χ0) is 20.8. The molecular formula is C19H25N5O4. The lowest BCUT2D eigenvalue weighted by Crippen LogP contribution is -2.41. The smallest absolute Gasteiger partial charge is 0.338 e. The number of amides is 2. The van der Waals surface area contributed by atoms with E-state index in [1.54, 1.807) is 18.0 Å². The largest absolute Gasteiger partial charge is 0.478 e. The van der Waals surface area contributed by atoms with Crippen LogP contribution >= 0.6 is 0 Å². The second kappa shape index (κ2) is 6.97. The number of hydrogen-bond donors (Lipinski definition) is 2. The molecule has 1 aromatic heterocycles. The van der Waals surface area contributed by atoms with Crippen LogP contribution in [0.3, 0.4) is 0 Å². The first-order valence-corrected chi connectivity index (χ1v) is 9.18. The third kappa shape index (κ3) is 3.15. The molecule has 0 bridgehead atoms. The van der Waals surface area contributed by atoms with Crippen LogP contribution in [0.2, 0.25) is 0 Å². The first kappa shape index (κ1) is 19.9. The molecule has 0 saturated carbocycles. The molecule has 1 fully saturated rings. The van der Waals surface area contributed by atoms with E-state index in [4.69, 9.17) is 0 Å². The molecule has 3 heterocycles. The Hall–Kier alpha value is -2.81. The highest BCUT2D eigenvalue weighted by Crippen LogP contribution is 2.31. The maximum Gasteiger partial charge on any atom is 0.338 e. The molecule has 2 atom stereocenters. The quantitative estimate of drug-likeness (QED) is 0.792. The Morgan fingerprint density at radius 1 is 1.36 bits per heavy atom. The molecule has 2 unspecified atom stereocenters. The molecule has 150 valence electrons. The molecule has 1 saturated heterocycles. The molecule has 2 amide bonds. The minimum atomic E-state index is -1.17. The van der Waals surface area contributed by atoms with Gasteiger partial charge < -0.3 is 15.3 Å². The van der Waals surface area contributed by atoms with Crippen molar-refractivity contribution < 1.29 is 19.5 Å². The number of nitrogens with one attached hydrogen (secondary N) is 1. The summed E-state index contributed by atoms with van der Waals surface area (Å²) in [6, 6.07) is 1.51. The van der Waals surface area contributed by atoms with Crippen molar-refractivity contribution in [1.82, 2.24) is 20.1 Å². The first-order valence-electron chi connectivity index (χ1n) is 9.18. The minimum absolute atomic E-state index is 0.0613. The van der Waals surface area contributed by atoms with Crippen LogP contribution in [0.1, 0.15) is 55.5 Å². The van der Waals surface area contributed by atoms with E-state index >= 15 is 0 Å². The molecule has 0 spiro atoms. The van der Waals surface area contributed by atoms with Crippen molar-refractivity contribution >= 4 is 23.6 Å². The lowest BCUT2D eigenvalue weighted by atomic mass is 9.89. The highest BCUT2D eigenvalue weighted by atomic mass is 16.4. The van der Waals surface area contributed by atoms with Crippen LogP contribution in [-0.2, 0) is 9.59 Å². The molecule has 0 aliphatic carbocycles. The van der Waals surface area contributed by atoms with Gasteiger partial charge in [-0.15, -0.1) is 0 Å². The maximum absolute atomic E-state index is 12.4. The fourth-order valence-electron chi connectivity index (χ4n) is 3.53. The van der Waals surface area contributed by atoms with Crippen molar-refractivity contribution in [2.24, 2.45) is 10.9 Å². The van der Waals surface area contributed by atoms with Crippen molar-refractivity contribution in [3.63, 3.8) is 0 Å². The maximum atomic E-state index is 12.4. The molecule has 28 heavy (non-hydrogen) atoms. The molecule has 1 aromatic rings. The monoisotopic (exact) mass is 387 g/mol. The van der Waals surface area contributed by atoms with Crippen LogP contribution in [0.25, 0.3) is 0 Å². The van der Waals surface area contributed by atoms with Gasteiger partial charge in [0, 0.05) is 31.8 Å². The second-order valence-electron chi connectivity index (χ2n) is 7.75. The van der Waals surface area contributed by atoms with Crippen LogP contribution in [0.15, 0.2) is 17.3 Å². The molecule has 3 rings (SSSR count). The predicted octanol–water partition coefficient (Wildman–Crippen LogP) is 0.863. The number of carbonyl (C=O) groups is 3. The van der Waals surface area contributed by atoms with Crippen molar-refractivity contribution in [3.05, 3.63) is 29.1 Å². The summed E-state index contributed by atoms with van der Waals surface area (Å²) in [6.07, 6.45) is 1.17. The van der Waals surface area contributed by atoms with E-state index < -0.39 is 11.5 Å². The Labute approximate surface area is 163 Å². The lowest BCUT2D eigenvalue weighted by Gasteiger charge is -2.27. The third-order valence-electron chi connectivity index (χ3n) is 5.63. The van der Waals surface area contributed by atoms with Gasteiger partial charge in [0.1, 0.15) is 17.4 Å². The van der Waals surface area contributed by atoms with Crippen molar-refractivity contribution in [2.75, 3.05) is 20.1 Å². The van der Waals surface area contributed by atoms with Crippen LogP contribution in [0.4, 0.5) is 0 Å². The number of likely N-dealkylation sites (N-methyl/N-ethyl adjacent to an activating group) is 1. The summed E-state index contributed by atoms with van der Waals surface area (Å²) in [5, 5.41) is 12.4. The van der Waals surface area contributed by atoms with Crippen molar-refractivity contribution in [3.8, 4) is 0 Å². The van der Waals surface area contributed by atoms with E-state index in [0.717, 1.165) is 0 Å². The standard InChI is InChI=1S/C19H25N5O4/c1-10(2)19(4)18(28)21-15(22-19)14-13(17(26)27)8-12(9-20-14)16-23(5)6-7-24(16)11(3)25/h8-10,16H,6-7H2,1-5H3,(H,26,27)(H,21,22,28). The van der Waals surface area contributed by atoms with Gasteiger partial charge in [0.05, 0.1) is 5.56 Å². The molecule has 0 aromatic carbocycles. The highest BCUT2D eigenvalue weighted by Gasteiger charge is 2.43. The zero-order valence-electron chi connectivity index (χ0n) is 16.7. The van der Waals surface area contributed by atoms with E-state index in [0.29, 0.717) is 18.7 Å². The molecule has 0 radical (unpaired) electrons. The number of hydrogen-bond acceptors (Lipinski definition) is 6. The number of carboxylic acids is 1. The summed E-state index contributed by atoms with van der Waals surface area (Å²) in [5.41, 5.74) is -0.312. The summed E-state index contributed by atoms with van der Waals surface area (Å²) >= 11 is 0. The van der Waals surface area contributed by atoms with Gasteiger partial charge in [0.15, 0.2) is 5.84 Å². The summed E-state index contributed by atoms with van der Waals surface area (Å²) < 4.78 is 0. The average Bonchev–Trinajstić information content (AvgIpc) is 3.15. The zero-order valence-corrected chi connectivity index (χ0v) is 16.7. The number of pyridine rings is 1. The molecule has 9 nitrogen and oxygen atoms in total. The number of carbonyl (C=O) groups excluding carboxylic acids is 2. The number of aromatic nitrogens is 1. The molecule has 2 aliphatic rings. The highest BCUT2D eigenvalue weighted by molar-refractivity contribution is 6.17. The van der Waals surface area contributed by atoms with Crippen LogP contribution in [0, 0.1) is 5.92 Å². The molecular weight excluding hydrogens is 362 g/mol. The van der Waals surface area contributed by atoms with E-state index in [9.17, 15) is 19.5 Å². The number of nitrogens with zero attached hydrogens (tertiary/aromatic N) is 4. The Kier molecular flexibility index (Phi) is 4.97. The normalized spacial score (nSPS) is 25.2. The lowest BCUT2D eigenvalue weighted by molar-refractivity contribution is -0.131. The Morgan fingerprint density at radius 2 is 2.04 bits per heavy atom. The van der Waals surface area contributed by atoms with Crippen LogP contribution < -0.4 is 5.32 Å². The summed E-state index contributed by atoms with van der Waals surface area (Å²) in [7, 11) is 1.87. The van der Waals surface area contributed by atoms with Gasteiger partial charge >= 0.3 is 5.97 Å². The average molecular weight is 387 g/mol. The number of carboxylic acid groups (broad SMARTS) is 1. The van der Waals surface area contributed by atoms with Gasteiger partial charge in [-0.2, -0.15) is 0 Å². The third-order valence-corrected chi connectivity index (χ3v) is 5.63. The van der Waals surface area contributed by atoms with E-state index in [1.807, 2.05) is 25.8 Å². The minimum Gasteiger partial charge on any atom is -0.478 e. The van der Waals surface area contributed by atoms with Gasteiger partial charge in [-0.1, -0.05) is 13.8 Å². The summed E-state index contributed by atoms with van der Waals surface area (Å²) in [4.78, 5) is 48.7. The fourth-order valence-corrected chi connectivity index (χ4v) is 3.53. The van der Waals surface area contributed by atoms with Gasteiger partial charge in [-0.25, -0.2) is 9.79 Å². The van der Waals surface area contributed by atoms with Gasteiger partial charge in [0.25, 0.3) is 5.91 Å². The topological polar surface area (TPSA) is 115 Å². The second-order valence-corrected chi connectivity index (χ2v) is 7.75. The van der Waals surface area contributed by atoms with Crippen molar-refractivity contribution in [2.45, 2.75) is 39.4 Å². The SMILES string of the molecule is CC(=O)N1CCN(C)C1c1cnc(C2=NC(C)(C(C)C)C(=O)N2)c(C(=O)O)c1. The van der Waals surface area contributed by atoms with Gasteiger partial charge in [-0.3, -0.25) is 19.5 Å². The number of rotatable bonds is 4.